The SMILES string of the molecule is CCCCCCCCCCCCCCCCOC(=O)C(NC(=O)[C@H](O)[C@@H](O)C[C@H](O)CC)C(C)CC. The zero-order valence-electron chi connectivity index (χ0n) is 23.7. The summed E-state index contributed by atoms with van der Waals surface area (Å²) < 4.78 is 5.42. The summed E-state index contributed by atoms with van der Waals surface area (Å²) in [6, 6.07) is -0.882. The Morgan fingerprint density at radius 1 is 0.722 bits per heavy atom. The number of ether oxygens (including phenoxy) is 1. The monoisotopic (exact) mass is 515 g/mol. The van der Waals surface area contributed by atoms with Crippen LogP contribution in [0.4, 0.5) is 0 Å². The summed E-state index contributed by atoms with van der Waals surface area (Å²) in [7, 11) is 0. The summed E-state index contributed by atoms with van der Waals surface area (Å²) in [6.45, 7) is 8.06. The topological polar surface area (TPSA) is 116 Å². The second kappa shape index (κ2) is 23.0. The number of hydrogen-bond acceptors (Lipinski definition) is 6. The molecule has 7 heteroatoms. The van der Waals surface area contributed by atoms with Gasteiger partial charge in [0.1, 0.15) is 6.04 Å². The van der Waals surface area contributed by atoms with Crippen molar-refractivity contribution in [3.05, 3.63) is 0 Å². The zero-order chi connectivity index (χ0) is 27.2. The van der Waals surface area contributed by atoms with Crippen LogP contribution in [0, 0.1) is 5.92 Å². The van der Waals surface area contributed by atoms with Crippen molar-refractivity contribution in [3.63, 3.8) is 0 Å². The fourth-order valence-electron chi connectivity index (χ4n) is 4.22. The number of carbonyl (C=O) groups is 2. The molecular formula is C29H57NO6. The number of aliphatic hydroxyl groups is 3. The summed E-state index contributed by atoms with van der Waals surface area (Å²) in [5.41, 5.74) is 0. The molecule has 0 aromatic rings. The Morgan fingerprint density at radius 2 is 1.19 bits per heavy atom. The lowest BCUT2D eigenvalue weighted by atomic mass is 9.98. The van der Waals surface area contributed by atoms with Gasteiger partial charge < -0.3 is 25.4 Å². The Bertz CT molecular complexity index is 544. The number of hydrogen-bond donors (Lipinski definition) is 4. The molecule has 5 atom stereocenters. The second-order valence-corrected chi connectivity index (χ2v) is 10.4. The molecule has 0 saturated carbocycles. The van der Waals surface area contributed by atoms with Gasteiger partial charge in [-0.2, -0.15) is 0 Å². The predicted octanol–water partition coefficient (Wildman–Crippen LogP) is 5.42. The first-order valence-corrected chi connectivity index (χ1v) is 14.8. The third kappa shape index (κ3) is 17.3. The van der Waals surface area contributed by atoms with Crippen LogP contribution in [0.5, 0.6) is 0 Å². The van der Waals surface area contributed by atoms with Crippen LogP contribution in [0.3, 0.4) is 0 Å². The van der Waals surface area contributed by atoms with E-state index in [1.54, 1.807) is 6.92 Å². The van der Waals surface area contributed by atoms with Gasteiger partial charge in [-0.1, -0.05) is 118 Å². The van der Waals surface area contributed by atoms with Crippen molar-refractivity contribution in [3.8, 4) is 0 Å². The minimum absolute atomic E-state index is 0.108. The third-order valence-electron chi connectivity index (χ3n) is 7.12. The molecule has 0 rings (SSSR count). The summed E-state index contributed by atoms with van der Waals surface area (Å²) in [5, 5.41) is 32.3. The molecule has 1 amide bonds. The highest BCUT2D eigenvalue weighted by molar-refractivity contribution is 5.87. The fourth-order valence-corrected chi connectivity index (χ4v) is 4.22. The first-order chi connectivity index (χ1) is 17.3. The molecule has 0 aliphatic rings. The highest BCUT2D eigenvalue weighted by atomic mass is 16.5. The molecule has 214 valence electrons. The van der Waals surface area contributed by atoms with E-state index in [1.165, 1.54) is 70.6 Å². The van der Waals surface area contributed by atoms with E-state index in [9.17, 15) is 24.9 Å². The number of rotatable bonds is 24. The second-order valence-electron chi connectivity index (χ2n) is 10.4. The maximum absolute atomic E-state index is 12.6. The van der Waals surface area contributed by atoms with E-state index < -0.39 is 36.2 Å². The average Bonchev–Trinajstić information content (AvgIpc) is 2.87. The quantitative estimate of drug-likeness (QED) is 0.101. The molecule has 0 aromatic carbocycles. The first-order valence-electron chi connectivity index (χ1n) is 14.8. The summed E-state index contributed by atoms with van der Waals surface area (Å²) >= 11 is 0. The number of aliphatic hydroxyl groups excluding tert-OH is 3. The van der Waals surface area contributed by atoms with Gasteiger partial charge in [0, 0.05) is 6.42 Å². The first kappa shape index (κ1) is 34.8. The van der Waals surface area contributed by atoms with E-state index in [0.717, 1.165) is 19.3 Å². The van der Waals surface area contributed by atoms with Crippen LogP contribution in [0.1, 0.15) is 137 Å². The van der Waals surface area contributed by atoms with Gasteiger partial charge in [0.05, 0.1) is 18.8 Å². The Hall–Kier alpha value is -1.18. The standard InChI is InChI=1S/C29H57NO6/c1-5-8-9-10-11-12-13-14-15-16-17-18-19-20-21-36-29(35)26(23(4)6-2)30-28(34)27(33)25(32)22-24(31)7-3/h23-27,31-33H,5-22H2,1-4H3,(H,30,34)/t23?,24-,25+,26?,27-/m1/s1. The van der Waals surface area contributed by atoms with E-state index in [1.807, 2.05) is 13.8 Å². The Kier molecular flexibility index (Phi) is 22.2. The summed E-state index contributed by atoms with van der Waals surface area (Å²) in [6.07, 6.45) is 14.6. The molecular weight excluding hydrogens is 458 g/mol. The molecule has 0 fully saturated rings. The van der Waals surface area contributed by atoms with E-state index in [2.05, 4.69) is 12.2 Å². The minimum Gasteiger partial charge on any atom is -0.464 e. The van der Waals surface area contributed by atoms with E-state index in [0.29, 0.717) is 19.4 Å². The van der Waals surface area contributed by atoms with Crippen LogP contribution >= 0.6 is 0 Å². The summed E-state index contributed by atoms with van der Waals surface area (Å²) in [4.78, 5) is 25.0. The smallest absolute Gasteiger partial charge is 0.328 e. The van der Waals surface area contributed by atoms with Gasteiger partial charge in [-0.25, -0.2) is 4.79 Å². The molecule has 0 aromatic heterocycles. The van der Waals surface area contributed by atoms with Crippen molar-refractivity contribution in [2.45, 2.75) is 161 Å². The maximum Gasteiger partial charge on any atom is 0.328 e. The number of nitrogens with one attached hydrogen (secondary N) is 1. The van der Waals surface area contributed by atoms with Crippen LogP contribution in [0.15, 0.2) is 0 Å². The number of amides is 1. The fraction of sp³-hybridized carbons (Fsp3) is 0.931. The Balaban J connectivity index is 4.06. The molecule has 0 saturated heterocycles. The molecule has 0 radical (unpaired) electrons. The highest BCUT2D eigenvalue weighted by Crippen LogP contribution is 2.14. The van der Waals surface area contributed by atoms with E-state index in [-0.39, 0.29) is 12.3 Å². The molecule has 36 heavy (non-hydrogen) atoms. The molecule has 0 heterocycles. The maximum atomic E-state index is 12.6. The van der Waals surface area contributed by atoms with Gasteiger partial charge in [0.2, 0.25) is 0 Å². The Morgan fingerprint density at radius 3 is 1.64 bits per heavy atom. The number of carbonyl (C=O) groups excluding carboxylic acids is 2. The van der Waals surface area contributed by atoms with Crippen LogP contribution in [-0.4, -0.2) is 58.2 Å². The van der Waals surface area contributed by atoms with Crippen molar-refractivity contribution < 1.29 is 29.6 Å². The lowest BCUT2D eigenvalue weighted by Gasteiger charge is -2.26. The van der Waals surface area contributed by atoms with Crippen LogP contribution < -0.4 is 5.32 Å². The van der Waals surface area contributed by atoms with Crippen LogP contribution in [0.25, 0.3) is 0 Å². The van der Waals surface area contributed by atoms with Gasteiger partial charge >= 0.3 is 5.97 Å². The van der Waals surface area contributed by atoms with Gasteiger partial charge in [0.25, 0.3) is 5.91 Å². The molecule has 0 bridgehead atoms. The third-order valence-corrected chi connectivity index (χ3v) is 7.12. The molecule has 0 aliphatic heterocycles. The van der Waals surface area contributed by atoms with Crippen molar-refractivity contribution >= 4 is 11.9 Å². The zero-order valence-corrected chi connectivity index (χ0v) is 23.7. The average molecular weight is 516 g/mol. The van der Waals surface area contributed by atoms with Crippen molar-refractivity contribution in [2.75, 3.05) is 6.61 Å². The van der Waals surface area contributed by atoms with Gasteiger partial charge in [-0.15, -0.1) is 0 Å². The normalized spacial score (nSPS) is 15.6. The predicted molar refractivity (Wildman–Crippen MR) is 146 cm³/mol. The molecule has 0 spiro atoms. The highest BCUT2D eigenvalue weighted by Gasteiger charge is 2.32. The molecule has 2 unspecified atom stereocenters. The van der Waals surface area contributed by atoms with Gasteiger partial charge in [-0.3, -0.25) is 4.79 Å². The van der Waals surface area contributed by atoms with E-state index in [4.69, 9.17) is 4.74 Å². The van der Waals surface area contributed by atoms with Gasteiger partial charge in [0.15, 0.2) is 6.10 Å². The number of unbranched alkanes of at least 4 members (excludes halogenated alkanes) is 13. The molecule has 0 aliphatic carbocycles. The summed E-state index contributed by atoms with van der Waals surface area (Å²) in [5.74, 6) is -1.52. The lowest BCUT2D eigenvalue weighted by Crippen LogP contribution is -2.52. The Labute approximate surface area is 220 Å². The van der Waals surface area contributed by atoms with E-state index >= 15 is 0 Å². The lowest BCUT2D eigenvalue weighted by molar-refractivity contribution is -0.152. The van der Waals surface area contributed by atoms with Crippen molar-refractivity contribution in [1.82, 2.24) is 5.32 Å². The van der Waals surface area contributed by atoms with Crippen molar-refractivity contribution in [1.29, 1.82) is 0 Å². The molecule has 4 N–H and O–H groups in total. The van der Waals surface area contributed by atoms with Crippen LogP contribution in [0.2, 0.25) is 0 Å². The molecule has 7 nitrogen and oxygen atoms in total. The van der Waals surface area contributed by atoms with Gasteiger partial charge in [-0.05, 0) is 18.8 Å². The largest absolute Gasteiger partial charge is 0.464 e. The number of esters is 1. The van der Waals surface area contributed by atoms with Crippen LogP contribution in [-0.2, 0) is 14.3 Å². The van der Waals surface area contributed by atoms with Crippen molar-refractivity contribution in [2.24, 2.45) is 5.92 Å². The minimum atomic E-state index is -1.71.